The molecule has 0 radical (unpaired) electrons. The molecule has 2 heteroatoms. The molecule has 1 heterocycles. The molecule has 0 aromatic carbocycles. The number of aromatic nitrogens is 1. The van der Waals surface area contributed by atoms with Crippen molar-refractivity contribution in [3.8, 4) is 0 Å². The van der Waals surface area contributed by atoms with Gasteiger partial charge in [-0.15, -0.1) is 0 Å². The molecule has 10 heavy (non-hydrogen) atoms. The van der Waals surface area contributed by atoms with Crippen molar-refractivity contribution in [2.24, 2.45) is 0 Å². The zero-order valence-corrected chi connectivity index (χ0v) is 6.64. The maximum atomic E-state index is 10.4. The average Bonchev–Trinajstić information content (AvgIpc) is 1.91. The van der Waals surface area contributed by atoms with Crippen molar-refractivity contribution in [1.82, 2.24) is 4.98 Å². The number of hydrogen-bond acceptors (Lipinski definition) is 1. The Morgan fingerprint density at radius 3 is 2.20 bits per heavy atom. The van der Waals surface area contributed by atoms with Crippen molar-refractivity contribution in [3.63, 3.8) is 0 Å². The third kappa shape index (κ3) is 3.07. The van der Waals surface area contributed by atoms with Crippen molar-refractivity contribution in [1.29, 1.82) is 0 Å². The Bertz CT molecular complexity index is 227. The Labute approximate surface area is 60.9 Å². The van der Waals surface area contributed by atoms with Crippen LogP contribution in [0.1, 0.15) is 19.5 Å². The van der Waals surface area contributed by atoms with E-state index in [1.807, 2.05) is 26.8 Å². The van der Waals surface area contributed by atoms with Crippen LogP contribution in [0.5, 0.6) is 0 Å². The van der Waals surface area contributed by atoms with Gasteiger partial charge in [0.1, 0.15) is 0 Å². The van der Waals surface area contributed by atoms with E-state index in [0.29, 0.717) is 0 Å². The lowest BCUT2D eigenvalue weighted by Crippen LogP contribution is -2.02. The van der Waals surface area contributed by atoms with E-state index in [0.717, 1.165) is 5.69 Å². The number of rotatable bonds is 0. The summed E-state index contributed by atoms with van der Waals surface area (Å²) >= 11 is 0. The van der Waals surface area contributed by atoms with Gasteiger partial charge in [0.15, 0.2) is 0 Å². The molecule has 0 spiro atoms. The summed E-state index contributed by atoms with van der Waals surface area (Å²) in [4.78, 5) is 13.0. The minimum absolute atomic E-state index is 0.0370. The summed E-state index contributed by atoms with van der Waals surface area (Å²) in [6.45, 7) is 5.85. The number of nitrogens with one attached hydrogen (secondary N) is 1. The highest BCUT2D eigenvalue weighted by molar-refractivity contribution is 5.00. The standard InChI is InChI=1S/C6H7NO.C2H6/c1-5-3-2-4-6(8)7-5;1-2/h2-4H,1H3,(H,7,8);1-2H3. The molecule has 1 N–H and O–H groups in total. The molecule has 0 atom stereocenters. The Kier molecular flexibility index (Phi) is 4.29. The van der Waals surface area contributed by atoms with Crippen molar-refractivity contribution < 1.29 is 0 Å². The second-order valence-electron chi connectivity index (χ2n) is 1.70. The van der Waals surface area contributed by atoms with Crippen molar-refractivity contribution in [2.75, 3.05) is 0 Å². The molecule has 56 valence electrons. The predicted molar refractivity (Wildman–Crippen MR) is 43.1 cm³/mol. The third-order valence-electron chi connectivity index (χ3n) is 0.914. The molecule has 0 saturated carbocycles. The van der Waals surface area contributed by atoms with Crippen LogP contribution in [-0.4, -0.2) is 4.98 Å². The molecule has 0 aliphatic heterocycles. The van der Waals surface area contributed by atoms with E-state index >= 15 is 0 Å². The van der Waals surface area contributed by atoms with Crippen LogP contribution in [0, 0.1) is 6.92 Å². The fraction of sp³-hybridized carbons (Fsp3) is 0.375. The van der Waals surface area contributed by atoms with Gasteiger partial charge in [0.25, 0.3) is 0 Å². The summed E-state index contributed by atoms with van der Waals surface area (Å²) in [5, 5.41) is 0. The Morgan fingerprint density at radius 2 is 1.90 bits per heavy atom. The van der Waals surface area contributed by atoms with Crippen LogP contribution in [-0.2, 0) is 0 Å². The van der Waals surface area contributed by atoms with Gasteiger partial charge < -0.3 is 4.98 Å². The van der Waals surface area contributed by atoms with Crippen LogP contribution >= 0.6 is 0 Å². The molecule has 1 aromatic heterocycles. The molecule has 0 bridgehead atoms. The minimum atomic E-state index is -0.0370. The number of aromatic amines is 1. The first-order valence-corrected chi connectivity index (χ1v) is 3.45. The van der Waals surface area contributed by atoms with Gasteiger partial charge in [0.05, 0.1) is 0 Å². The predicted octanol–water partition coefficient (Wildman–Crippen LogP) is 1.71. The summed E-state index contributed by atoms with van der Waals surface area (Å²) in [7, 11) is 0. The van der Waals surface area contributed by atoms with Crippen molar-refractivity contribution in [2.45, 2.75) is 20.8 Å². The fourth-order valence-corrected chi connectivity index (χ4v) is 0.558. The van der Waals surface area contributed by atoms with E-state index in [1.54, 1.807) is 6.07 Å². The zero-order chi connectivity index (χ0) is 7.98. The first-order valence-electron chi connectivity index (χ1n) is 3.45. The van der Waals surface area contributed by atoms with Gasteiger partial charge in [-0.2, -0.15) is 0 Å². The Morgan fingerprint density at radius 1 is 1.30 bits per heavy atom. The van der Waals surface area contributed by atoms with Crippen LogP contribution in [0.25, 0.3) is 0 Å². The van der Waals surface area contributed by atoms with Crippen LogP contribution in [0.3, 0.4) is 0 Å². The second-order valence-corrected chi connectivity index (χ2v) is 1.70. The molecule has 0 aliphatic rings. The highest BCUT2D eigenvalue weighted by atomic mass is 16.1. The first kappa shape index (κ1) is 8.95. The molecule has 2 nitrogen and oxygen atoms in total. The van der Waals surface area contributed by atoms with Crippen LogP contribution in [0.15, 0.2) is 23.0 Å². The second kappa shape index (κ2) is 4.79. The van der Waals surface area contributed by atoms with E-state index in [9.17, 15) is 4.79 Å². The normalized spacial score (nSPS) is 7.90. The monoisotopic (exact) mass is 139 g/mol. The Balaban J connectivity index is 0.000000371. The number of H-pyrrole nitrogens is 1. The minimum Gasteiger partial charge on any atom is -0.327 e. The fourth-order valence-electron chi connectivity index (χ4n) is 0.558. The quantitative estimate of drug-likeness (QED) is 0.583. The Hall–Kier alpha value is -1.05. The smallest absolute Gasteiger partial charge is 0.248 e. The van der Waals surface area contributed by atoms with Crippen molar-refractivity contribution in [3.05, 3.63) is 34.2 Å². The average molecular weight is 139 g/mol. The summed E-state index contributed by atoms with van der Waals surface area (Å²) < 4.78 is 0. The maximum absolute atomic E-state index is 10.4. The van der Waals surface area contributed by atoms with E-state index < -0.39 is 0 Å². The van der Waals surface area contributed by atoms with Gasteiger partial charge >= 0.3 is 0 Å². The SMILES string of the molecule is CC.Cc1cccc(=O)[nH]1. The molecular formula is C8H13NO. The van der Waals surface area contributed by atoms with Crippen LogP contribution < -0.4 is 5.56 Å². The lowest BCUT2D eigenvalue weighted by molar-refractivity contribution is 1.14. The topological polar surface area (TPSA) is 32.9 Å². The zero-order valence-electron chi connectivity index (χ0n) is 6.64. The highest BCUT2D eigenvalue weighted by Gasteiger charge is 1.79. The molecule has 0 unspecified atom stereocenters. The summed E-state index contributed by atoms with van der Waals surface area (Å²) in [6.07, 6.45) is 0. The lowest BCUT2D eigenvalue weighted by atomic mass is 10.4. The number of hydrogen-bond donors (Lipinski definition) is 1. The van der Waals surface area contributed by atoms with Crippen molar-refractivity contribution >= 4 is 0 Å². The van der Waals surface area contributed by atoms with Gasteiger partial charge in [-0.05, 0) is 13.0 Å². The first-order chi connectivity index (χ1) is 4.79. The van der Waals surface area contributed by atoms with E-state index in [1.165, 1.54) is 6.07 Å². The molecular weight excluding hydrogens is 126 g/mol. The van der Waals surface area contributed by atoms with Crippen LogP contribution in [0.2, 0.25) is 0 Å². The van der Waals surface area contributed by atoms with E-state index in [2.05, 4.69) is 4.98 Å². The van der Waals surface area contributed by atoms with Gasteiger partial charge in [-0.25, -0.2) is 0 Å². The van der Waals surface area contributed by atoms with Crippen LogP contribution in [0.4, 0.5) is 0 Å². The highest BCUT2D eigenvalue weighted by Crippen LogP contribution is 1.81. The number of pyridine rings is 1. The maximum Gasteiger partial charge on any atom is 0.248 e. The largest absolute Gasteiger partial charge is 0.327 e. The van der Waals surface area contributed by atoms with Gasteiger partial charge in [-0.1, -0.05) is 19.9 Å². The van der Waals surface area contributed by atoms with E-state index in [-0.39, 0.29) is 5.56 Å². The molecule has 0 aliphatic carbocycles. The summed E-state index contributed by atoms with van der Waals surface area (Å²) in [6, 6.07) is 5.07. The molecule has 0 fully saturated rings. The number of aryl methyl sites for hydroxylation is 1. The van der Waals surface area contributed by atoms with E-state index in [4.69, 9.17) is 0 Å². The molecule has 0 amide bonds. The third-order valence-corrected chi connectivity index (χ3v) is 0.914. The van der Waals surface area contributed by atoms with Gasteiger partial charge in [0, 0.05) is 11.8 Å². The van der Waals surface area contributed by atoms with Gasteiger partial charge in [-0.3, -0.25) is 4.79 Å². The molecule has 1 aromatic rings. The lowest BCUT2D eigenvalue weighted by Gasteiger charge is -1.84. The molecule has 1 rings (SSSR count). The molecule has 0 saturated heterocycles. The van der Waals surface area contributed by atoms with Gasteiger partial charge in [0.2, 0.25) is 5.56 Å². The summed E-state index contributed by atoms with van der Waals surface area (Å²) in [5.74, 6) is 0. The summed E-state index contributed by atoms with van der Waals surface area (Å²) in [5.41, 5.74) is 0.863.